The number of thiol groups is 1. The Morgan fingerprint density at radius 1 is 1.58 bits per heavy atom. The van der Waals surface area contributed by atoms with Gasteiger partial charge in [0.1, 0.15) is 0 Å². The largest absolute Gasteiger partial charge is 0.274 e. The van der Waals surface area contributed by atoms with Crippen molar-refractivity contribution in [2.45, 2.75) is 19.4 Å². The zero-order chi connectivity index (χ0) is 9.19. The quantitative estimate of drug-likeness (QED) is 0.594. The SMILES string of the molecule is C=CC1=NC(C)(C)C=CC=C1S. The van der Waals surface area contributed by atoms with Gasteiger partial charge in [0.15, 0.2) is 0 Å². The van der Waals surface area contributed by atoms with E-state index in [0.29, 0.717) is 0 Å². The number of rotatable bonds is 1. The normalized spacial score (nSPS) is 20.9. The van der Waals surface area contributed by atoms with Crippen LogP contribution in [0.4, 0.5) is 0 Å². The van der Waals surface area contributed by atoms with Crippen LogP contribution >= 0.6 is 12.6 Å². The Kier molecular flexibility index (Phi) is 2.58. The van der Waals surface area contributed by atoms with Crippen LogP contribution in [0.3, 0.4) is 0 Å². The van der Waals surface area contributed by atoms with Crippen LogP contribution in [0, 0.1) is 0 Å². The Morgan fingerprint density at radius 3 is 2.83 bits per heavy atom. The molecule has 0 unspecified atom stereocenters. The van der Waals surface area contributed by atoms with Gasteiger partial charge in [-0.3, -0.25) is 4.99 Å². The summed E-state index contributed by atoms with van der Waals surface area (Å²) in [5, 5.41) is 0. The number of hydrogen-bond donors (Lipinski definition) is 1. The fourth-order valence-corrected chi connectivity index (χ4v) is 1.24. The lowest BCUT2D eigenvalue weighted by atomic mass is 10.1. The number of aliphatic imine (C=N–C) groups is 1. The number of nitrogens with zero attached hydrogens (tertiary/aromatic N) is 1. The molecule has 2 heteroatoms. The van der Waals surface area contributed by atoms with Crippen LogP contribution < -0.4 is 0 Å². The predicted molar refractivity (Wildman–Crippen MR) is 57.9 cm³/mol. The molecule has 64 valence electrons. The van der Waals surface area contributed by atoms with Crippen molar-refractivity contribution in [2.24, 2.45) is 4.99 Å². The van der Waals surface area contributed by atoms with Crippen LogP contribution in [0.15, 0.2) is 40.8 Å². The molecule has 0 saturated heterocycles. The van der Waals surface area contributed by atoms with E-state index < -0.39 is 0 Å². The Labute approximate surface area is 79.0 Å². The second kappa shape index (κ2) is 3.31. The average Bonchev–Trinajstić information content (AvgIpc) is 2.10. The molecule has 1 heterocycles. The molecule has 0 aromatic rings. The third-order valence-electron chi connectivity index (χ3n) is 1.62. The highest BCUT2D eigenvalue weighted by Crippen LogP contribution is 2.19. The zero-order valence-electron chi connectivity index (χ0n) is 7.41. The maximum Gasteiger partial charge on any atom is 0.0742 e. The summed E-state index contributed by atoms with van der Waals surface area (Å²) < 4.78 is 0. The van der Waals surface area contributed by atoms with Gasteiger partial charge in [0.05, 0.1) is 11.3 Å². The molecular formula is C10H13NS. The molecule has 0 saturated carbocycles. The summed E-state index contributed by atoms with van der Waals surface area (Å²) in [6, 6.07) is 0. The highest BCUT2D eigenvalue weighted by atomic mass is 32.1. The van der Waals surface area contributed by atoms with Crippen molar-refractivity contribution in [3.8, 4) is 0 Å². The van der Waals surface area contributed by atoms with Gasteiger partial charge < -0.3 is 0 Å². The number of allylic oxidation sites excluding steroid dienone is 4. The second-order valence-corrected chi connectivity index (χ2v) is 3.75. The van der Waals surface area contributed by atoms with Crippen LogP contribution in [0.2, 0.25) is 0 Å². The lowest BCUT2D eigenvalue weighted by Crippen LogP contribution is -2.14. The molecule has 0 aliphatic carbocycles. The first-order valence-corrected chi connectivity index (χ1v) is 4.31. The van der Waals surface area contributed by atoms with Crippen LogP contribution in [0.25, 0.3) is 0 Å². The summed E-state index contributed by atoms with van der Waals surface area (Å²) in [6.45, 7) is 7.79. The predicted octanol–water partition coefficient (Wildman–Crippen LogP) is 2.78. The highest BCUT2D eigenvalue weighted by Gasteiger charge is 2.14. The van der Waals surface area contributed by atoms with Gasteiger partial charge in [0.25, 0.3) is 0 Å². The molecule has 12 heavy (non-hydrogen) atoms. The van der Waals surface area contributed by atoms with Crippen molar-refractivity contribution in [1.29, 1.82) is 0 Å². The fraction of sp³-hybridized carbons (Fsp3) is 0.300. The van der Waals surface area contributed by atoms with E-state index in [-0.39, 0.29) is 5.54 Å². The molecule has 0 radical (unpaired) electrons. The van der Waals surface area contributed by atoms with E-state index in [2.05, 4.69) is 24.2 Å². The fourth-order valence-electron chi connectivity index (χ4n) is 1.02. The molecule has 1 nitrogen and oxygen atoms in total. The van der Waals surface area contributed by atoms with Gasteiger partial charge in [-0.15, -0.1) is 12.6 Å². The van der Waals surface area contributed by atoms with Gasteiger partial charge in [-0.25, -0.2) is 0 Å². The van der Waals surface area contributed by atoms with Crippen LogP contribution in [0.5, 0.6) is 0 Å². The van der Waals surface area contributed by atoms with Crippen LogP contribution in [-0.2, 0) is 0 Å². The first kappa shape index (κ1) is 9.33. The van der Waals surface area contributed by atoms with Crippen molar-refractivity contribution in [3.05, 3.63) is 35.8 Å². The first-order chi connectivity index (χ1) is 5.55. The summed E-state index contributed by atoms with van der Waals surface area (Å²) in [4.78, 5) is 5.34. The van der Waals surface area contributed by atoms with Crippen molar-refractivity contribution in [1.82, 2.24) is 0 Å². The van der Waals surface area contributed by atoms with Crippen molar-refractivity contribution >= 4 is 18.3 Å². The Balaban J connectivity index is 3.11. The van der Waals surface area contributed by atoms with Gasteiger partial charge in [0, 0.05) is 4.91 Å². The molecule has 0 bridgehead atoms. The van der Waals surface area contributed by atoms with Gasteiger partial charge in [-0.1, -0.05) is 18.7 Å². The maximum atomic E-state index is 4.47. The van der Waals surface area contributed by atoms with E-state index >= 15 is 0 Å². The Morgan fingerprint density at radius 2 is 2.25 bits per heavy atom. The monoisotopic (exact) mass is 179 g/mol. The number of hydrogen-bond acceptors (Lipinski definition) is 2. The minimum Gasteiger partial charge on any atom is -0.274 e. The first-order valence-electron chi connectivity index (χ1n) is 3.86. The topological polar surface area (TPSA) is 12.4 Å². The minimum atomic E-state index is -0.148. The molecule has 0 N–H and O–H groups in total. The molecule has 0 aromatic carbocycles. The van der Waals surface area contributed by atoms with Crippen LogP contribution in [-0.4, -0.2) is 11.3 Å². The molecular weight excluding hydrogens is 166 g/mol. The van der Waals surface area contributed by atoms with E-state index in [9.17, 15) is 0 Å². The van der Waals surface area contributed by atoms with E-state index in [0.717, 1.165) is 10.6 Å². The molecule has 1 aliphatic heterocycles. The second-order valence-electron chi connectivity index (χ2n) is 3.27. The molecule has 0 fully saturated rings. The molecule has 0 atom stereocenters. The molecule has 1 rings (SSSR count). The standard InChI is InChI=1S/C10H13NS/c1-4-8-9(12)6-5-7-10(2,3)11-8/h4-7,12H,1H2,2-3H3. The van der Waals surface area contributed by atoms with E-state index in [1.54, 1.807) is 6.08 Å². The Hall–Kier alpha value is -0.760. The van der Waals surface area contributed by atoms with Gasteiger partial charge in [-0.2, -0.15) is 0 Å². The minimum absolute atomic E-state index is 0.148. The van der Waals surface area contributed by atoms with Gasteiger partial charge >= 0.3 is 0 Å². The summed E-state index contributed by atoms with van der Waals surface area (Å²) >= 11 is 4.29. The molecule has 0 aromatic heterocycles. The molecule has 0 spiro atoms. The lowest BCUT2D eigenvalue weighted by Gasteiger charge is -2.14. The van der Waals surface area contributed by atoms with E-state index in [4.69, 9.17) is 0 Å². The smallest absolute Gasteiger partial charge is 0.0742 e. The average molecular weight is 179 g/mol. The summed E-state index contributed by atoms with van der Waals surface area (Å²) in [7, 11) is 0. The zero-order valence-corrected chi connectivity index (χ0v) is 8.31. The van der Waals surface area contributed by atoms with Crippen molar-refractivity contribution in [2.75, 3.05) is 0 Å². The maximum absolute atomic E-state index is 4.47. The van der Waals surface area contributed by atoms with E-state index in [1.807, 2.05) is 32.1 Å². The Bertz CT molecular complexity index is 282. The van der Waals surface area contributed by atoms with Crippen LogP contribution in [0.1, 0.15) is 13.8 Å². The van der Waals surface area contributed by atoms with Gasteiger partial charge in [-0.05, 0) is 26.0 Å². The summed E-state index contributed by atoms with van der Waals surface area (Å²) in [5.74, 6) is 0. The third-order valence-corrected chi connectivity index (χ3v) is 2.00. The molecule has 0 amide bonds. The van der Waals surface area contributed by atoms with Crippen molar-refractivity contribution < 1.29 is 0 Å². The van der Waals surface area contributed by atoms with Gasteiger partial charge in [0.2, 0.25) is 0 Å². The molecule has 1 aliphatic rings. The van der Waals surface area contributed by atoms with E-state index in [1.165, 1.54) is 0 Å². The third kappa shape index (κ3) is 2.11. The summed E-state index contributed by atoms with van der Waals surface area (Å²) in [5.41, 5.74) is 0.707. The summed E-state index contributed by atoms with van der Waals surface area (Å²) in [6.07, 6.45) is 7.67. The van der Waals surface area contributed by atoms with Crippen molar-refractivity contribution in [3.63, 3.8) is 0 Å². The lowest BCUT2D eigenvalue weighted by molar-refractivity contribution is 0.660. The highest BCUT2D eigenvalue weighted by molar-refractivity contribution is 7.85.